The van der Waals surface area contributed by atoms with Gasteiger partial charge in [-0.2, -0.15) is 0 Å². The fourth-order valence-corrected chi connectivity index (χ4v) is 9.25. The van der Waals surface area contributed by atoms with E-state index < -0.39 is 12.1 Å². The Morgan fingerprint density at radius 3 is 1.16 bits per heavy atom. The van der Waals surface area contributed by atoms with E-state index >= 15 is 0 Å². The van der Waals surface area contributed by atoms with Gasteiger partial charge in [0.05, 0.1) is 25.4 Å². The van der Waals surface area contributed by atoms with Gasteiger partial charge in [0.1, 0.15) is 0 Å². The Bertz CT molecular complexity index is 1100. The molecule has 0 aliphatic carbocycles. The third-order valence-corrected chi connectivity index (χ3v) is 13.9. The van der Waals surface area contributed by atoms with Gasteiger partial charge in [0.25, 0.3) is 0 Å². The van der Waals surface area contributed by atoms with Gasteiger partial charge < -0.3 is 20.3 Å². The molecule has 0 saturated carbocycles. The average Bonchev–Trinajstić information content (AvgIpc) is 3.34. The average molecular weight is 957 g/mol. The Balaban J connectivity index is 3.40. The predicted molar refractivity (Wildman–Crippen MR) is 296 cm³/mol. The Morgan fingerprint density at radius 1 is 0.412 bits per heavy atom. The maximum atomic E-state index is 12.5. The molecule has 6 heteroatoms. The molecule has 0 heterocycles. The molecule has 0 aliphatic heterocycles. The van der Waals surface area contributed by atoms with E-state index in [0.717, 1.165) is 51.4 Å². The van der Waals surface area contributed by atoms with Crippen molar-refractivity contribution < 1.29 is 24.5 Å². The molecule has 0 bridgehead atoms. The fourth-order valence-electron chi connectivity index (χ4n) is 9.25. The van der Waals surface area contributed by atoms with E-state index in [1.807, 2.05) is 0 Å². The Hall–Kier alpha value is -1.92. The molecule has 400 valence electrons. The van der Waals surface area contributed by atoms with E-state index in [2.05, 4.69) is 55.6 Å². The quantitative estimate of drug-likeness (QED) is 0.0321. The van der Waals surface area contributed by atoms with Crippen molar-refractivity contribution in [2.24, 2.45) is 0 Å². The lowest BCUT2D eigenvalue weighted by Crippen LogP contribution is -2.45. The molecule has 0 rings (SSSR count). The van der Waals surface area contributed by atoms with E-state index in [0.29, 0.717) is 25.9 Å². The van der Waals surface area contributed by atoms with Crippen molar-refractivity contribution in [1.29, 1.82) is 0 Å². The summed E-state index contributed by atoms with van der Waals surface area (Å²) in [5, 5.41) is 23.2. The van der Waals surface area contributed by atoms with Crippen LogP contribution in [0.1, 0.15) is 322 Å². The van der Waals surface area contributed by atoms with Crippen LogP contribution >= 0.6 is 0 Å². The molecule has 2 unspecified atom stereocenters. The topological polar surface area (TPSA) is 95.9 Å². The summed E-state index contributed by atoms with van der Waals surface area (Å²) in [5.41, 5.74) is 0. The van der Waals surface area contributed by atoms with E-state index in [4.69, 9.17) is 4.74 Å². The molecule has 3 N–H and O–H groups in total. The van der Waals surface area contributed by atoms with Crippen LogP contribution in [0.5, 0.6) is 0 Å². The molecule has 6 nitrogen and oxygen atoms in total. The number of nitrogens with one attached hydrogen (secondary N) is 1. The largest absolute Gasteiger partial charge is 0.466 e. The first-order chi connectivity index (χ1) is 33.5. The highest BCUT2D eigenvalue weighted by Crippen LogP contribution is 2.17. The van der Waals surface area contributed by atoms with Crippen LogP contribution in [0.15, 0.2) is 36.5 Å². The Labute approximate surface area is 424 Å². The van der Waals surface area contributed by atoms with Crippen LogP contribution in [0.3, 0.4) is 0 Å². The summed E-state index contributed by atoms with van der Waals surface area (Å²) in [7, 11) is 0. The first kappa shape index (κ1) is 66.1. The summed E-state index contributed by atoms with van der Waals surface area (Å²) in [5.74, 6) is -0.0414. The molecule has 0 aromatic heterocycles. The number of ether oxygens (including phenoxy) is 1. The minimum absolute atomic E-state index is 0.00163. The number of esters is 1. The molecule has 2 atom stereocenters. The van der Waals surface area contributed by atoms with E-state index in [1.165, 1.54) is 238 Å². The third kappa shape index (κ3) is 53.4. The second-order valence-electron chi connectivity index (χ2n) is 20.7. The van der Waals surface area contributed by atoms with Crippen LogP contribution in [-0.2, 0) is 14.3 Å². The summed E-state index contributed by atoms with van der Waals surface area (Å²) in [6.45, 7) is 4.92. The van der Waals surface area contributed by atoms with Gasteiger partial charge in [-0.3, -0.25) is 9.59 Å². The van der Waals surface area contributed by atoms with Crippen molar-refractivity contribution in [1.82, 2.24) is 5.32 Å². The summed E-state index contributed by atoms with van der Waals surface area (Å²) in [6.07, 6.45) is 71.5. The van der Waals surface area contributed by atoms with Crippen LogP contribution in [0.4, 0.5) is 0 Å². The zero-order valence-corrected chi connectivity index (χ0v) is 45.6. The second-order valence-corrected chi connectivity index (χ2v) is 20.7. The highest BCUT2D eigenvalue weighted by molar-refractivity contribution is 5.76. The lowest BCUT2D eigenvalue weighted by atomic mass is 10.0. The normalized spacial score (nSPS) is 12.8. The minimum atomic E-state index is -0.666. The fraction of sp³-hybridized carbons (Fsp3) is 0.871. The highest BCUT2D eigenvalue weighted by atomic mass is 16.5. The van der Waals surface area contributed by atoms with Gasteiger partial charge in [0.15, 0.2) is 0 Å². The van der Waals surface area contributed by atoms with Crippen molar-refractivity contribution in [3.8, 4) is 0 Å². The van der Waals surface area contributed by atoms with Crippen molar-refractivity contribution >= 4 is 11.9 Å². The Morgan fingerprint density at radius 2 is 0.735 bits per heavy atom. The number of aliphatic hydroxyl groups excluding tert-OH is 2. The van der Waals surface area contributed by atoms with Gasteiger partial charge in [0.2, 0.25) is 5.91 Å². The van der Waals surface area contributed by atoms with Crippen molar-refractivity contribution in [3.63, 3.8) is 0 Å². The zero-order chi connectivity index (χ0) is 49.3. The Kier molecular flexibility index (Phi) is 56.0. The van der Waals surface area contributed by atoms with Crippen LogP contribution < -0.4 is 5.32 Å². The van der Waals surface area contributed by atoms with Gasteiger partial charge in [-0.15, -0.1) is 0 Å². The van der Waals surface area contributed by atoms with Crippen molar-refractivity contribution in [2.45, 2.75) is 334 Å². The van der Waals surface area contributed by atoms with E-state index in [9.17, 15) is 19.8 Å². The van der Waals surface area contributed by atoms with Crippen molar-refractivity contribution in [2.75, 3.05) is 13.2 Å². The molecule has 0 saturated heterocycles. The van der Waals surface area contributed by atoms with Gasteiger partial charge in [-0.05, 0) is 83.5 Å². The molecule has 0 aromatic carbocycles. The first-order valence-corrected chi connectivity index (χ1v) is 30.2. The van der Waals surface area contributed by atoms with Gasteiger partial charge in [-0.25, -0.2) is 0 Å². The molecule has 0 radical (unpaired) electrons. The van der Waals surface area contributed by atoms with Gasteiger partial charge in [0, 0.05) is 12.8 Å². The van der Waals surface area contributed by atoms with E-state index in [-0.39, 0.29) is 18.5 Å². The lowest BCUT2D eigenvalue weighted by molar-refractivity contribution is -0.143. The standard InChI is InChI=1S/C62H117NO5/c1-3-5-7-9-11-13-15-17-28-32-36-40-44-48-52-56-62(67)68-57-53-49-45-41-37-33-30-27-25-23-21-19-18-20-22-24-26-29-31-35-39-43-47-51-55-61(66)63-59(58-64)60(65)54-50-46-42-38-34-16-14-12-10-8-6-4-2/h11,13,17,20,22,28,59-60,64-65H,3-10,12,14-16,18-19,21,23-27,29-58H2,1-2H3,(H,63,66)/b13-11-,22-20-,28-17-. The number of unbranched alkanes of at least 4 members (excludes halogenated alkanes) is 39. The first-order valence-electron chi connectivity index (χ1n) is 30.2. The number of allylic oxidation sites excluding steroid dienone is 6. The molecule has 0 aromatic rings. The molecular weight excluding hydrogens is 839 g/mol. The number of carbonyl (C=O) groups is 2. The summed E-state index contributed by atoms with van der Waals surface area (Å²) in [4.78, 5) is 24.5. The SMILES string of the molecule is CCCCC/C=C\C/C=C\CCCCCCCC(=O)OCCCCCCCCCCCCCC/C=C\CCCCCCCCCCC(=O)NC(CO)C(O)CCCCCCCCCCCCCC. The van der Waals surface area contributed by atoms with Crippen LogP contribution in [0.25, 0.3) is 0 Å². The molecule has 1 amide bonds. The number of hydrogen-bond donors (Lipinski definition) is 3. The number of rotatable bonds is 56. The molecule has 68 heavy (non-hydrogen) atoms. The summed E-state index contributed by atoms with van der Waals surface area (Å²) >= 11 is 0. The second kappa shape index (κ2) is 57.7. The minimum Gasteiger partial charge on any atom is -0.466 e. The number of aliphatic hydroxyl groups is 2. The van der Waals surface area contributed by atoms with Gasteiger partial charge in [-0.1, -0.05) is 262 Å². The molecular formula is C62H117NO5. The number of amides is 1. The third-order valence-electron chi connectivity index (χ3n) is 13.9. The summed E-state index contributed by atoms with van der Waals surface area (Å²) < 4.78 is 5.47. The van der Waals surface area contributed by atoms with Crippen LogP contribution in [-0.4, -0.2) is 47.4 Å². The molecule has 0 fully saturated rings. The summed E-state index contributed by atoms with van der Waals surface area (Å²) in [6, 6.07) is -0.544. The lowest BCUT2D eigenvalue weighted by Gasteiger charge is -2.22. The van der Waals surface area contributed by atoms with Crippen LogP contribution in [0.2, 0.25) is 0 Å². The maximum absolute atomic E-state index is 12.5. The highest BCUT2D eigenvalue weighted by Gasteiger charge is 2.20. The van der Waals surface area contributed by atoms with Gasteiger partial charge >= 0.3 is 5.97 Å². The molecule has 0 aliphatic rings. The zero-order valence-electron chi connectivity index (χ0n) is 45.6. The number of hydrogen-bond acceptors (Lipinski definition) is 5. The van der Waals surface area contributed by atoms with E-state index in [1.54, 1.807) is 0 Å². The van der Waals surface area contributed by atoms with Crippen LogP contribution in [0, 0.1) is 0 Å². The smallest absolute Gasteiger partial charge is 0.305 e. The number of carbonyl (C=O) groups excluding carboxylic acids is 2. The van der Waals surface area contributed by atoms with Crippen molar-refractivity contribution in [3.05, 3.63) is 36.5 Å². The molecule has 0 spiro atoms. The predicted octanol–water partition coefficient (Wildman–Crippen LogP) is 18.8. The maximum Gasteiger partial charge on any atom is 0.305 e. The monoisotopic (exact) mass is 956 g/mol.